The lowest BCUT2D eigenvalue weighted by atomic mass is 10.2. The zero-order chi connectivity index (χ0) is 13.4. The first-order valence-electron chi connectivity index (χ1n) is 5.83. The average Bonchev–Trinajstić information content (AvgIpc) is 2.43. The van der Waals surface area contributed by atoms with E-state index in [9.17, 15) is 4.79 Å². The minimum absolute atomic E-state index is 0.196. The second-order valence-corrected chi connectivity index (χ2v) is 3.29. The lowest BCUT2D eigenvalue weighted by molar-refractivity contribution is 0.102. The molecule has 2 rings (SSSR count). The largest absolute Gasteiger partial charge is 0.399 e. The van der Waals surface area contributed by atoms with Gasteiger partial charge in [-0.05, 0) is 36.4 Å². The highest BCUT2D eigenvalue weighted by molar-refractivity contribution is 6.03. The fourth-order valence-corrected chi connectivity index (χ4v) is 1.26. The van der Waals surface area contributed by atoms with Gasteiger partial charge in [0.25, 0.3) is 5.91 Å². The Morgan fingerprint density at radius 2 is 1.78 bits per heavy atom. The highest BCUT2D eigenvalue weighted by atomic mass is 16.1. The number of nitrogens with zero attached hydrogens (tertiary/aromatic N) is 1. The molecule has 18 heavy (non-hydrogen) atoms. The van der Waals surface area contributed by atoms with Crippen LogP contribution in [0.15, 0.2) is 48.7 Å². The van der Waals surface area contributed by atoms with Crippen LogP contribution in [0.3, 0.4) is 0 Å². The minimum Gasteiger partial charge on any atom is -0.399 e. The molecule has 0 bridgehead atoms. The molecular weight excluding hydrogens is 226 g/mol. The molecule has 0 saturated carbocycles. The molecule has 1 aromatic heterocycles. The predicted octanol–water partition coefficient (Wildman–Crippen LogP) is 2.94. The topological polar surface area (TPSA) is 68.0 Å². The molecule has 0 aliphatic rings. The second-order valence-electron chi connectivity index (χ2n) is 3.29. The summed E-state index contributed by atoms with van der Waals surface area (Å²) < 4.78 is 0. The van der Waals surface area contributed by atoms with Crippen molar-refractivity contribution in [1.82, 2.24) is 4.98 Å². The summed E-state index contributed by atoms with van der Waals surface area (Å²) in [6.45, 7) is 4.00. The van der Waals surface area contributed by atoms with Gasteiger partial charge in [0.2, 0.25) is 0 Å². The normalized spacial score (nSPS) is 9.00. The van der Waals surface area contributed by atoms with Crippen molar-refractivity contribution in [3.63, 3.8) is 0 Å². The standard InChI is InChI=1S/C12H11N3O.C2H6/c13-10-6-4-9(5-7-10)12(16)15-11-3-1-2-8-14-11;1-2/h1-8H,13H2,(H,14,15,16);1-2H3. The maximum Gasteiger partial charge on any atom is 0.256 e. The highest BCUT2D eigenvalue weighted by Crippen LogP contribution is 2.08. The Morgan fingerprint density at radius 1 is 1.11 bits per heavy atom. The van der Waals surface area contributed by atoms with Crippen LogP contribution in [0.1, 0.15) is 24.2 Å². The van der Waals surface area contributed by atoms with Crippen molar-refractivity contribution in [1.29, 1.82) is 0 Å². The van der Waals surface area contributed by atoms with Gasteiger partial charge in [-0.3, -0.25) is 4.79 Å². The maximum absolute atomic E-state index is 11.7. The van der Waals surface area contributed by atoms with E-state index in [0.29, 0.717) is 17.1 Å². The van der Waals surface area contributed by atoms with Crippen LogP contribution >= 0.6 is 0 Å². The van der Waals surface area contributed by atoms with E-state index in [2.05, 4.69) is 10.3 Å². The van der Waals surface area contributed by atoms with E-state index in [1.54, 1.807) is 42.6 Å². The maximum atomic E-state index is 11.7. The zero-order valence-corrected chi connectivity index (χ0v) is 10.6. The van der Waals surface area contributed by atoms with Crippen molar-refractivity contribution in [2.24, 2.45) is 0 Å². The van der Waals surface area contributed by atoms with E-state index in [4.69, 9.17) is 5.73 Å². The highest BCUT2D eigenvalue weighted by Gasteiger charge is 2.05. The molecule has 0 spiro atoms. The molecule has 0 saturated heterocycles. The van der Waals surface area contributed by atoms with Crippen LogP contribution in [0.4, 0.5) is 11.5 Å². The van der Waals surface area contributed by atoms with Crippen LogP contribution in [-0.4, -0.2) is 10.9 Å². The van der Waals surface area contributed by atoms with Gasteiger partial charge in [0.15, 0.2) is 0 Å². The molecule has 3 N–H and O–H groups in total. The van der Waals surface area contributed by atoms with Gasteiger partial charge in [0.05, 0.1) is 0 Å². The number of amides is 1. The summed E-state index contributed by atoms with van der Waals surface area (Å²) in [4.78, 5) is 15.7. The molecule has 4 nitrogen and oxygen atoms in total. The number of nitrogens with two attached hydrogens (primary N) is 1. The summed E-state index contributed by atoms with van der Waals surface area (Å²) in [7, 11) is 0. The van der Waals surface area contributed by atoms with Crippen molar-refractivity contribution < 1.29 is 4.79 Å². The summed E-state index contributed by atoms with van der Waals surface area (Å²) >= 11 is 0. The van der Waals surface area contributed by atoms with E-state index in [-0.39, 0.29) is 5.91 Å². The van der Waals surface area contributed by atoms with E-state index in [1.165, 1.54) is 0 Å². The number of hydrogen-bond donors (Lipinski definition) is 2. The average molecular weight is 243 g/mol. The number of pyridine rings is 1. The van der Waals surface area contributed by atoms with Gasteiger partial charge in [0.1, 0.15) is 5.82 Å². The smallest absolute Gasteiger partial charge is 0.256 e. The van der Waals surface area contributed by atoms with Crippen molar-refractivity contribution >= 4 is 17.4 Å². The lowest BCUT2D eigenvalue weighted by Gasteiger charge is -2.03. The van der Waals surface area contributed by atoms with E-state index in [0.717, 1.165) is 0 Å². The Balaban J connectivity index is 0.000000771. The zero-order valence-electron chi connectivity index (χ0n) is 10.6. The van der Waals surface area contributed by atoms with Crippen molar-refractivity contribution in [2.75, 3.05) is 11.1 Å². The summed E-state index contributed by atoms with van der Waals surface area (Å²) in [5, 5.41) is 2.69. The molecule has 4 heteroatoms. The third kappa shape index (κ3) is 3.90. The molecule has 1 heterocycles. The molecule has 1 aromatic carbocycles. The SMILES string of the molecule is CC.Nc1ccc(C(=O)Nc2ccccn2)cc1. The van der Waals surface area contributed by atoms with Gasteiger partial charge in [-0.25, -0.2) is 4.98 Å². The van der Waals surface area contributed by atoms with Crippen LogP contribution in [0.5, 0.6) is 0 Å². The molecule has 0 aliphatic heterocycles. The predicted molar refractivity (Wildman–Crippen MR) is 74.4 cm³/mol. The fraction of sp³-hybridized carbons (Fsp3) is 0.143. The number of nitrogens with one attached hydrogen (secondary N) is 1. The van der Waals surface area contributed by atoms with Crippen LogP contribution < -0.4 is 11.1 Å². The molecule has 0 fully saturated rings. The van der Waals surface area contributed by atoms with Crippen LogP contribution in [0.2, 0.25) is 0 Å². The Morgan fingerprint density at radius 3 is 2.33 bits per heavy atom. The Bertz CT molecular complexity index is 480. The van der Waals surface area contributed by atoms with Gasteiger partial charge in [-0.2, -0.15) is 0 Å². The molecule has 0 aliphatic carbocycles. The van der Waals surface area contributed by atoms with Crippen LogP contribution in [0.25, 0.3) is 0 Å². The summed E-state index contributed by atoms with van der Waals surface area (Å²) in [5.74, 6) is 0.336. The first-order chi connectivity index (χ1) is 8.75. The number of benzene rings is 1. The molecule has 1 amide bonds. The third-order valence-electron chi connectivity index (χ3n) is 2.08. The quantitative estimate of drug-likeness (QED) is 0.797. The third-order valence-corrected chi connectivity index (χ3v) is 2.08. The second kappa shape index (κ2) is 7.06. The molecule has 0 radical (unpaired) electrons. The van der Waals surface area contributed by atoms with Crippen LogP contribution in [0, 0.1) is 0 Å². The van der Waals surface area contributed by atoms with Gasteiger partial charge < -0.3 is 11.1 Å². The van der Waals surface area contributed by atoms with Gasteiger partial charge >= 0.3 is 0 Å². The first-order valence-corrected chi connectivity index (χ1v) is 5.83. The number of carbonyl (C=O) groups is 1. The molecule has 2 aromatic rings. The fourth-order valence-electron chi connectivity index (χ4n) is 1.26. The van der Waals surface area contributed by atoms with Crippen molar-refractivity contribution in [2.45, 2.75) is 13.8 Å². The number of anilines is 2. The lowest BCUT2D eigenvalue weighted by Crippen LogP contribution is -2.12. The molecule has 0 atom stereocenters. The molecular formula is C14H17N3O. The van der Waals surface area contributed by atoms with Crippen molar-refractivity contribution in [3.05, 3.63) is 54.2 Å². The van der Waals surface area contributed by atoms with E-state index < -0.39 is 0 Å². The number of aromatic nitrogens is 1. The Kier molecular flexibility index (Phi) is 5.38. The number of nitrogen functional groups attached to an aromatic ring is 1. The minimum atomic E-state index is -0.196. The number of rotatable bonds is 2. The van der Waals surface area contributed by atoms with Crippen LogP contribution in [-0.2, 0) is 0 Å². The molecule has 0 unspecified atom stereocenters. The molecule has 94 valence electrons. The summed E-state index contributed by atoms with van der Waals surface area (Å²) in [6, 6.07) is 12.1. The van der Waals surface area contributed by atoms with E-state index >= 15 is 0 Å². The first kappa shape index (κ1) is 13.7. The van der Waals surface area contributed by atoms with Crippen molar-refractivity contribution in [3.8, 4) is 0 Å². The number of carbonyl (C=O) groups excluding carboxylic acids is 1. The Labute approximate surface area is 107 Å². The van der Waals surface area contributed by atoms with Gasteiger partial charge in [-0.1, -0.05) is 19.9 Å². The van der Waals surface area contributed by atoms with Gasteiger partial charge in [0, 0.05) is 17.4 Å². The summed E-state index contributed by atoms with van der Waals surface area (Å²) in [5.41, 5.74) is 6.72. The monoisotopic (exact) mass is 243 g/mol. The van der Waals surface area contributed by atoms with Gasteiger partial charge in [-0.15, -0.1) is 0 Å². The Hall–Kier alpha value is -2.36. The summed E-state index contributed by atoms with van der Waals surface area (Å²) in [6.07, 6.45) is 1.62. The van der Waals surface area contributed by atoms with E-state index in [1.807, 2.05) is 19.9 Å². The number of hydrogen-bond acceptors (Lipinski definition) is 3.